The molecule has 0 spiro atoms. The Morgan fingerprint density at radius 3 is 2.15 bits per heavy atom. The molecule has 0 radical (unpaired) electrons. The van der Waals surface area contributed by atoms with Gasteiger partial charge in [0.25, 0.3) is 0 Å². The van der Waals surface area contributed by atoms with Gasteiger partial charge in [-0.2, -0.15) is 0 Å². The number of hydrogen-bond acceptors (Lipinski definition) is 3. The Labute approximate surface area is 141 Å². The number of carboxylic acids is 1. The first-order valence-corrected chi connectivity index (χ1v) is 6.14. The third-order valence-corrected chi connectivity index (χ3v) is 3.08. The third-order valence-electron chi connectivity index (χ3n) is 3.08. The van der Waals surface area contributed by atoms with E-state index in [0.717, 1.165) is 16.8 Å². The van der Waals surface area contributed by atoms with Crippen molar-refractivity contribution in [2.45, 2.75) is 20.8 Å². The molecule has 0 saturated heterocycles. The molecule has 98 valence electrons. The number of anilines is 2. The fraction of sp³-hybridized carbons (Fsp3) is 0.188. The summed E-state index contributed by atoms with van der Waals surface area (Å²) in [4.78, 5) is 11.1. The van der Waals surface area contributed by atoms with E-state index in [-0.39, 0.29) is 35.1 Å². The number of benzene rings is 2. The van der Waals surface area contributed by atoms with Gasteiger partial charge in [0.05, 0.1) is 5.97 Å². The number of carbonyl (C=O) groups excluding carboxylic acids is 1. The molecule has 0 aliphatic rings. The van der Waals surface area contributed by atoms with Crippen LogP contribution in [-0.2, 0) is 0 Å². The first-order valence-electron chi connectivity index (χ1n) is 6.14. The number of carboxylic acid groups (broad SMARTS) is 1. The second-order valence-electron chi connectivity index (χ2n) is 4.73. The smallest absolute Gasteiger partial charge is 0.545 e. The SMILES string of the molecule is Cc1cc(C)c(Nc2ccccc2C(=O)[O-])c(C)c1.[Na+]. The van der Waals surface area contributed by atoms with Gasteiger partial charge in [-0.15, -0.1) is 0 Å². The Balaban J connectivity index is 0.00000200. The Bertz CT molecular complexity index is 615. The van der Waals surface area contributed by atoms with E-state index in [1.54, 1.807) is 18.2 Å². The monoisotopic (exact) mass is 277 g/mol. The summed E-state index contributed by atoms with van der Waals surface area (Å²) in [5.41, 5.74) is 5.03. The van der Waals surface area contributed by atoms with E-state index in [1.165, 1.54) is 11.6 Å². The topological polar surface area (TPSA) is 52.2 Å². The Morgan fingerprint density at radius 2 is 1.60 bits per heavy atom. The molecule has 2 aromatic carbocycles. The molecule has 0 heterocycles. The van der Waals surface area contributed by atoms with Gasteiger partial charge < -0.3 is 15.2 Å². The summed E-state index contributed by atoms with van der Waals surface area (Å²) in [6, 6.07) is 10.9. The van der Waals surface area contributed by atoms with Gasteiger partial charge in [-0.25, -0.2) is 0 Å². The quantitative estimate of drug-likeness (QED) is 0.785. The number of rotatable bonds is 3. The number of nitrogens with one attached hydrogen (secondary N) is 1. The maximum atomic E-state index is 11.1. The molecule has 0 aromatic heterocycles. The predicted octanol–water partition coefficient (Wildman–Crippen LogP) is -0.277. The van der Waals surface area contributed by atoms with Crippen molar-refractivity contribution < 1.29 is 39.5 Å². The van der Waals surface area contributed by atoms with Crippen molar-refractivity contribution in [1.82, 2.24) is 0 Å². The normalized spacial score (nSPS) is 9.75. The molecule has 0 amide bonds. The van der Waals surface area contributed by atoms with Gasteiger partial charge in [-0.3, -0.25) is 0 Å². The van der Waals surface area contributed by atoms with Crippen LogP contribution in [0.2, 0.25) is 0 Å². The summed E-state index contributed by atoms with van der Waals surface area (Å²) >= 11 is 0. The Morgan fingerprint density at radius 1 is 1.05 bits per heavy atom. The van der Waals surface area contributed by atoms with Crippen molar-refractivity contribution in [3.05, 3.63) is 58.7 Å². The van der Waals surface area contributed by atoms with Crippen molar-refractivity contribution in [3.63, 3.8) is 0 Å². The van der Waals surface area contributed by atoms with Crippen LogP contribution in [0.4, 0.5) is 11.4 Å². The Kier molecular flexibility index (Phi) is 5.81. The van der Waals surface area contributed by atoms with Gasteiger partial charge in [0, 0.05) is 16.9 Å². The van der Waals surface area contributed by atoms with Gasteiger partial charge in [-0.1, -0.05) is 35.9 Å². The van der Waals surface area contributed by atoms with E-state index in [0.29, 0.717) is 5.69 Å². The number of aromatic carboxylic acids is 1. The van der Waals surface area contributed by atoms with Crippen molar-refractivity contribution in [2.24, 2.45) is 0 Å². The largest absolute Gasteiger partial charge is 1.00 e. The molecular formula is C16H16NNaO2. The summed E-state index contributed by atoms with van der Waals surface area (Å²) in [6.45, 7) is 6.05. The zero-order chi connectivity index (χ0) is 14.0. The van der Waals surface area contributed by atoms with Crippen LogP contribution in [0.15, 0.2) is 36.4 Å². The van der Waals surface area contributed by atoms with E-state index < -0.39 is 5.97 Å². The summed E-state index contributed by atoms with van der Waals surface area (Å²) in [7, 11) is 0. The van der Waals surface area contributed by atoms with Crippen molar-refractivity contribution in [1.29, 1.82) is 0 Å². The molecule has 0 unspecified atom stereocenters. The number of hydrogen-bond donors (Lipinski definition) is 1. The van der Waals surface area contributed by atoms with E-state index in [1.807, 2.05) is 20.8 Å². The Hall–Kier alpha value is -1.29. The number of carbonyl (C=O) groups is 1. The van der Waals surface area contributed by atoms with Crippen LogP contribution in [0, 0.1) is 20.8 Å². The summed E-state index contributed by atoms with van der Waals surface area (Å²) in [6.07, 6.45) is 0. The van der Waals surface area contributed by atoms with Gasteiger partial charge in [0.15, 0.2) is 0 Å². The standard InChI is InChI=1S/C16H17NO2.Na/c1-10-8-11(2)15(12(3)9-10)17-14-7-5-4-6-13(14)16(18)19;/h4-9,17H,1-3H3,(H,18,19);/q;+1/p-1. The average molecular weight is 277 g/mol. The van der Waals surface area contributed by atoms with Crippen molar-refractivity contribution >= 4 is 17.3 Å². The summed E-state index contributed by atoms with van der Waals surface area (Å²) < 4.78 is 0. The van der Waals surface area contributed by atoms with Crippen LogP contribution in [0.3, 0.4) is 0 Å². The molecular weight excluding hydrogens is 261 g/mol. The maximum Gasteiger partial charge on any atom is 1.00 e. The van der Waals surface area contributed by atoms with Gasteiger partial charge in [0.2, 0.25) is 0 Å². The van der Waals surface area contributed by atoms with E-state index in [4.69, 9.17) is 0 Å². The zero-order valence-corrected chi connectivity index (χ0v) is 14.3. The molecule has 20 heavy (non-hydrogen) atoms. The molecule has 1 N–H and O–H groups in total. The zero-order valence-electron chi connectivity index (χ0n) is 12.3. The van der Waals surface area contributed by atoms with Crippen LogP contribution in [0.5, 0.6) is 0 Å². The first-order chi connectivity index (χ1) is 8.99. The minimum Gasteiger partial charge on any atom is -0.545 e. The van der Waals surface area contributed by atoms with Gasteiger partial charge in [-0.05, 0) is 38.0 Å². The summed E-state index contributed by atoms with van der Waals surface area (Å²) in [5, 5.41) is 14.3. The molecule has 2 rings (SSSR count). The van der Waals surface area contributed by atoms with Crippen LogP contribution in [0.25, 0.3) is 0 Å². The van der Waals surface area contributed by atoms with Crippen molar-refractivity contribution in [3.8, 4) is 0 Å². The molecule has 0 saturated carbocycles. The molecule has 0 fully saturated rings. The second kappa shape index (κ2) is 6.93. The maximum absolute atomic E-state index is 11.1. The fourth-order valence-electron chi connectivity index (χ4n) is 2.28. The first kappa shape index (κ1) is 16.8. The number of aryl methyl sites for hydroxylation is 3. The minimum absolute atomic E-state index is 0. The third kappa shape index (κ3) is 3.63. The molecule has 2 aromatic rings. The molecule has 0 aliphatic heterocycles. The molecule has 0 atom stereocenters. The van der Waals surface area contributed by atoms with Crippen LogP contribution < -0.4 is 40.0 Å². The number of para-hydroxylation sites is 1. The minimum atomic E-state index is -1.18. The molecule has 0 bridgehead atoms. The van der Waals surface area contributed by atoms with Gasteiger partial charge >= 0.3 is 29.6 Å². The second-order valence-corrected chi connectivity index (χ2v) is 4.73. The van der Waals surface area contributed by atoms with Crippen LogP contribution in [0.1, 0.15) is 27.0 Å². The molecule has 3 nitrogen and oxygen atoms in total. The van der Waals surface area contributed by atoms with Crippen LogP contribution >= 0.6 is 0 Å². The fourth-order valence-corrected chi connectivity index (χ4v) is 2.28. The van der Waals surface area contributed by atoms with E-state index in [9.17, 15) is 9.90 Å². The predicted molar refractivity (Wildman–Crippen MR) is 74.7 cm³/mol. The van der Waals surface area contributed by atoms with E-state index >= 15 is 0 Å². The van der Waals surface area contributed by atoms with E-state index in [2.05, 4.69) is 17.4 Å². The van der Waals surface area contributed by atoms with Crippen molar-refractivity contribution in [2.75, 3.05) is 5.32 Å². The van der Waals surface area contributed by atoms with Gasteiger partial charge in [0.1, 0.15) is 0 Å². The van der Waals surface area contributed by atoms with Crippen LogP contribution in [-0.4, -0.2) is 5.97 Å². The average Bonchev–Trinajstić information content (AvgIpc) is 2.34. The summed E-state index contributed by atoms with van der Waals surface area (Å²) in [5.74, 6) is -1.18. The molecule has 4 heteroatoms. The molecule has 0 aliphatic carbocycles.